The third-order valence-electron chi connectivity index (χ3n) is 0.243. The van der Waals surface area contributed by atoms with Gasteiger partial charge in [-0.25, -0.2) is 13.2 Å². The molecule has 0 heterocycles. The molecular weight excluding hydrogens is 225 g/mol. The van der Waals surface area contributed by atoms with Gasteiger partial charge < -0.3 is 5.11 Å². The van der Waals surface area contributed by atoms with Crippen molar-refractivity contribution in [3.63, 3.8) is 0 Å². The maximum atomic E-state index is 10.6. The summed E-state index contributed by atoms with van der Waals surface area (Å²) in [6, 6.07) is 0. The Hall–Kier alpha value is -0.500. The molecule has 9 heteroatoms. The van der Waals surface area contributed by atoms with E-state index in [4.69, 9.17) is 9.90 Å². The maximum Gasteiger partial charge on any atom is 0.490 e. The third kappa shape index (κ3) is 22.7. The van der Waals surface area contributed by atoms with Crippen LogP contribution in [0, 0.1) is 0 Å². The van der Waals surface area contributed by atoms with Crippen LogP contribution in [-0.4, -0.2) is 31.9 Å². The van der Waals surface area contributed by atoms with E-state index in [9.17, 15) is 21.6 Å². The Balaban J connectivity index is 0. The molecule has 0 aliphatic heterocycles. The van der Waals surface area contributed by atoms with Gasteiger partial charge in [-0.15, -0.1) is 0 Å². The zero-order valence-electron chi connectivity index (χ0n) is 5.59. The summed E-state index contributed by atoms with van der Waals surface area (Å²) in [6.07, 6.45) is -4.16. The van der Waals surface area contributed by atoms with Crippen LogP contribution < -0.4 is 0 Å². The standard InChI is InChI=1S/C2HF3O2.CH3ClO2S/c3-2(4,5)1(6)7;1-5(2,3)4/h(H,6,7);1H3. The summed E-state index contributed by atoms with van der Waals surface area (Å²) >= 11 is 0. The number of aliphatic carboxylic acids is 1. The molecule has 0 spiro atoms. The number of rotatable bonds is 0. The molecule has 0 bridgehead atoms. The van der Waals surface area contributed by atoms with E-state index in [2.05, 4.69) is 10.7 Å². The van der Waals surface area contributed by atoms with E-state index in [1.807, 2.05) is 0 Å². The van der Waals surface area contributed by atoms with E-state index in [1.165, 1.54) is 0 Å². The predicted octanol–water partition coefficient (Wildman–Crippen LogP) is 0.818. The fraction of sp³-hybridized carbons (Fsp3) is 0.667. The molecule has 0 fully saturated rings. The van der Waals surface area contributed by atoms with Gasteiger partial charge in [0.15, 0.2) is 0 Å². The van der Waals surface area contributed by atoms with Crippen LogP contribution in [0.15, 0.2) is 0 Å². The van der Waals surface area contributed by atoms with Crippen LogP contribution in [0.5, 0.6) is 0 Å². The Morgan fingerprint density at radius 2 is 1.50 bits per heavy atom. The van der Waals surface area contributed by atoms with Crippen molar-refractivity contribution >= 4 is 25.7 Å². The molecule has 0 aliphatic rings. The molecule has 0 amide bonds. The third-order valence-corrected chi connectivity index (χ3v) is 0.243. The van der Waals surface area contributed by atoms with Crippen molar-refractivity contribution in [2.45, 2.75) is 6.18 Å². The molecule has 0 rings (SSSR count). The van der Waals surface area contributed by atoms with E-state index in [0.717, 1.165) is 6.26 Å². The van der Waals surface area contributed by atoms with E-state index in [1.54, 1.807) is 0 Å². The minimum atomic E-state index is -5.08. The van der Waals surface area contributed by atoms with E-state index < -0.39 is 21.2 Å². The lowest BCUT2D eigenvalue weighted by Crippen LogP contribution is -2.21. The molecule has 1 N–H and O–H groups in total. The first-order valence-corrected chi connectivity index (χ1v) is 4.86. The first-order valence-electron chi connectivity index (χ1n) is 2.14. The molecule has 4 nitrogen and oxygen atoms in total. The van der Waals surface area contributed by atoms with Crippen molar-refractivity contribution in [1.82, 2.24) is 0 Å². The van der Waals surface area contributed by atoms with E-state index in [-0.39, 0.29) is 0 Å². The van der Waals surface area contributed by atoms with Gasteiger partial charge in [0, 0.05) is 10.7 Å². The smallest absolute Gasteiger partial charge is 0.475 e. The lowest BCUT2D eigenvalue weighted by atomic mass is 10.7. The molecule has 0 aromatic heterocycles. The Labute approximate surface area is 70.4 Å². The molecule has 0 atom stereocenters. The van der Waals surface area contributed by atoms with Crippen LogP contribution >= 0.6 is 10.7 Å². The van der Waals surface area contributed by atoms with Crippen molar-refractivity contribution in [2.24, 2.45) is 0 Å². The lowest BCUT2D eigenvalue weighted by molar-refractivity contribution is -0.192. The average Bonchev–Trinajstić information content (AvgIpc) is 1.55. The topological polar surface area (TPSA) is 71.4 Å². The summed E-state index contributed by atoms with van der Waals surface area (Å²) in [6.45, 7) is 0. The highest BCUT2D eigenvalue weighted by Gasteiger charge is 2.38. The van der Waals surface area contributed by atoms with Gasteiger partial charge in [-0.05, 0) is 0 Å². The Morgan fingerprint density at radius 1 is 1.42 bits per heavy atom. The largest absolute Gasteiger partial charge is 0.490 e. The van der Waals surface area contributed by atoms with Gasteiger partial charge >= 0.3 is 12.1 Å². The fourth-order valence-corrected chi connectivity index (χ4v) is 0. The van der Waals surface area contributed by atoms with Crippen LogP contribution in [-0.2, 0) is 13.8 Å². The normalized spacial score (nSPS) is 11.4. The molecule has 0 unspecified atom stereocenters. The highest BCUT2D eigenvalue weighted by molar-refractivity contribution is 8.13. The minimum Gasteiger partial charge on any atom is -0.475 e. The van der Waals surface area contributed by atoms with Crippen LogP contribution in [0.2, 0.25) is 0 Å². The average molecular weight is 229 g/mol. The van der Waals surface area contributed by atoms with Crippen molar-refractivity contribution in [3.8, 4) is 0 Å². The highest BCUT2D eigenvalue weighted by atomic mass is 35.7. The molecule has 12 heavy (non-hydrogen) atoms. The summed E-state index contributed by atoms with van der Waals surface area (Å²) in [5, 5.41) is 7.12. The van der Waals surface area contributed by atoms with Crippen LogP contribution in [0.3, 0.4) is 0 Å². The molecule has 0 radical (unpaired) electrons. The number of alkyl halides is 3. The lowest BCUT2D eigenvalue weighted by Gasteiger charge is -1.93. The number of carboxylic acids is 1. The van der Waals surface area contributed by atoms with Crippen molar-refractivity contribution in [3.05, 3.63) is 0 Å². The van der Waals surface area contributed by atoms with Gasteiger partial charge in [0.1, 0.15) is 0 Å². The number of carbonyl (C=O) groups is 1. The SMILES string of the molecule is CS(=O)(=O)Cl.O=C(O)C(F)(F)F. The van der Waals surface area contributed by atoms with Crippen molar-refractivity contribution < 1.29 is 31.5 Å². The summed E-state index contributed by atoms with van der Waals surface area (Å²) in [5.74, 6) is -2.76. The quantitative estimate of drug-likeness (QED) is 0.623. The van der Waals surface area contributed by atoms with Crippen LogP contribution in [0.4, 0.5) is 13.2 Å². The zero-order valence-corrected chi connectivity index (χ0v) is 7.16. The number of halogens is 4. The molecule has 0 aliphatic carbocycles. The van der Waals surface area contributed by atoms with Crippen LogP contribution in [0.1, 0.15) is 0 Å². The second kappa shape index (κ2) is 4.51. The molecular formula is C3H4ClF3O4S. The zero-order chi connectivity index (χ0) is 10.6. The second-order valence-electron chi connectivity index (χ2n) is 1.48. The Morgan fingerprint density at radius 3 is 1.50 bits per heavy atom. The summed E-state index contributed by atoms with van der Waals surface area (Å²) in [7, 11) is 1.31. The number of carboxylic acid groups (broad SMARTS) is 1. The second-order valence-corrected chi connectivity index (χ2v) is 4.53. The van der Waals surface area contributed by atoms with E-state index in [0.29, 0.717) is 0 Å². The van der Waals surface area contributed by atoms with E-state index >= 15 is 0 Å². The van der Waals surface area contributed by atoms with Gasteiger partial charge in [-0.3, -0.25) is 0 Å². The Kier molecular flexibility index (Phi) is 5.28. The molecule has 74 valence electrons. The van der Waals surface area contributed by atoms with Gasteiger partial charge in [-0.1, -0.05) is 0 Å². The first-order chi connectivity index (χ1) is 4.94. The molecule has 0 saturated carbocycles. The fourth-order valence-electron chi connectivity index (χ4n) is 0. The maximum absolute atomic E-state index is 10.6. The van der Waals surface area contributed by atoms with Gasteiger partial charge in [0.2, 0.25) is 9.05 Å². The monoisotopic (exact) mass is 228 g/mol. The van der Waals surface area contributed by atoms with Crippen LogP contribution in [0.25, 0.3) is 0 Å². The Bertz CT molecular complexity index is 235. The summed E-state index contributed by atoms with van der Waals surface area (Å²) < 4.78 is 50.5. The number of hydrogen-bond donors (Lipinski definition) is 1. The van der Waals surface area contributed by atoms with Gasteiger partial charge in [-0.2, -0.15) is 13.2 Å². The minimum absolute atomic E-state index is 0.925. The van der Waals surface area contributed by atoms with Crippen molar-refractivity contribution in [2.75, 3.05) is 6.26 Å². The summed E-state index contributed by atoms with van der Waals surface area (Å²) in [5.41, 5.74) is 0. The molecule has 0 aromatic rings. The van der Waals surface area contributed by atoms with Gasteiger partial charge in [0.05, 0.1) is 6.26 Å². The first kappa shape index (κ1) is 14.0. The summed E-state index contributed by atoms with van der Waals surface area (Å²) in [4.78, 5) is 8.90. The molecule has 0 saturated heterocycles. The predicted molar refractivity (Wildman–Crippen MR) is 34.4 cm³/mol. The highest BCUT2D eigenvalue weighted by Crippen LogP contribution is 2.13. The van der Waals surface area contributed by atoms with Crippen molar-refractivity contribution in [1.29, 1.82) is 0 Å². The molecule has 0 aromatic carbocycles. The number of hydrogen-bond acceptors (Lipinski definition) is 3. The van der Waals surface area contributed by atoms with Gasteiger partial charge in [0.25, 0.3) is 0 Å².